The molecule has 33 heavy (non-hydrogen) atoms. The van der Waals surface area contributed by atoms with E-state index in [-0.39, 0.29) is 18.1 Å². The molecule has 0 spiro atoms. The maximum atomic E-state index is 12.2. The highest BCUT2D eigenvalue weighted by Gasteiger charge is 2.31. The van der Waals surface area contributed by atoms with Crippen molar-refractivity contribution in [1.82, 2.24) is 0 Å². The van der Waals surface area contributed by atoms with E-state index in [2.05, 4.69) is 4.74 Å². The Bertz CT molecular complexity index is 1110. The van der Waals surface area contributed by atoms with Gasteiger partial charge in [-0.25, -0.2) is 0 Å². The van der Waals surface area contributed by atoms with Crippen molar-refractivity contribution >= 4 is 22.5 Å². The number of fused-ring (bicyclic) bond motifs is 1. The van der Waals surface area contributed by atoms with E-state index in [1.54, 1.807) is 26.8 Å². The Morgan fingerprint density at radius 3 is 2.00 bits per heavy atom. The van der Waals surface area contributed by atoms with Gasteiger partial charge in [-0.05, 0) is 56.8 Å². The first-order valence-electron chi connectivity index (χ1n) is 10.0. The topological polar surface area (TPSA) is 72.8 Å². The minimum Gasteiger partial charge on any atom is -0.487 e. The third-order valence-electron chi connectivity index (χ3n) is 4.44. The van der Waals surface area contributed by atoms with Crippen LogP contribution in [0.5, 0.6) is 11.5 Å². The van der Waals surface area contributed by atoms with Gasteiger partial charge in [0.25, 0.3) is 0 Å². The first-order chi connectivity index (χ1) is 15.3. The molecule has 0 aliphatic carbocycles. The Kier molecular flexibility index (Phi) is 8.08. The standard InChI is InChI=1S/C20H15F3O3.C5H10O2/c1-13(24)17-11-8-15-4-2-3-5-18(15)19(17)25-12-14-6-9-16(10-7-14)26-20(21,22)23;1-5(2,3)4(6)7/h2-11H,12H2,1H3;1-3H3,(H,6,7). The average molecular weight is 462 g/mol. The molecule has 0 atom stereocenters. The molecule has 3 rings (SSSR count). The summed E-state index contributed by atoms with van der Waals surface area (Å²) in [6.45, 7) is 6.56. The third-order valence-corrected chi connectivity index (χ3v) is 4.44. The van der Waals surface area contributed by atoms with Crippen molar-refractivity contribution in [2.45, 2.75) is 40.7 Å². The Morgan fingerprint density at radius 1 is 0.909 bits per heavy atom. The predicted molar refractivity (Wildman–Crippen MR) is 119 cm³/mol. The highest BCUT2D eigenvalue weighted by atomic mass is 19.4. The maximum absolute atomic E-state index is 12.2. The summed E-state index contributed by atoms with van der Waals surface area (Å²) in [4.78, 5) is 21.9. The van der Waals surface area contributed by atoms with Gasteiger partial charge in [0.1, 0.15) is 18.1 Å². The number of aliphatic carboxylic acids is 1. The second-order valence-electron chi connectivity index (χ2n) is 8.26. The van der Waals surface area contributed by atoms with Crippen LogP contribution in [0.25, 0.3) is 10.8 Å². The van der Waals surface area contributed by atoms with Gasteiger partial charge in [-0.2, -0.15) is 0 Å². The number of carboxylic acid groups (broad SMARTS) is 1. The molecule has 0 aromatic heterocycles. The van der Waals surface area contributed by atoms with Crippen LogP contribution in [-0.4, -0.2) is 23.2 Å². The smallest absolute Gasteiger partial charge is 0.487 e. The minimum atomic E-state index is -4.72. The molecule has 0 bridgehead atoms. The number of rotatable bonds is 5. The number of carbonyl (C=O) groups is 2. The van der Waals surface area contributed by atoms with Gasteiger partial charge < -0.3 is 14.6 Å². The number of benzene rings is 3. The van der Waals surface area contributed by atoms with Crippen LogP contribution < -0.4 is 9.47 Å². The van der Waals surface area contributed by atoms with Crippen LogP contribution in [-0.2, 0) is 11.4 Å². The minimum absolute atomic E-state index is 0.112. The maximum Gasteiger partial charge on any atom is 0.573 e. The van der Waals surface area contributed by atoms with Gasteiger partial charge in [-0.3, -0.25) is 9.59 Å². The van der Waals surface area contributed by atoms with Crippen LogP contribution >= 0.6 is 0 Å². The molecule has 1 N–H and O–H groups in total. The molecule has 8 heteroatoms. The Hall–Kier alpha value is -3.55. The molecule has 0 aliphatic heterocycles. The number of ketones is 1. The zero-order valence-corrected chi connectivity index (χ0v) is 18.7. The van der Waals surface area contributed by atoms with Crippen LogP contribution in [0.15, 0.2) is 60.7 Å². The van der Waals surface area contributed by atoms with E-state index in [1.807, 2.05) is 30.3 Å². The molecule has 3 aromatic rings. The van der Waals surface area contributed by atoms with Crippen LogP contribution in [0.1, 0.15) is 43.6 Å². The van der Waals surface area contributed by atoms with Gasteiger partial charge >= 0.3 is 12.3 Å². The van der Waals surface area contributed by atoms with Crippen molar-refractivity contribution in [2.75, 3.05) is 0 Å². The second kappa shape index (κ2) is 10.4. The van der Waals surface area contributed by atoms with Gasteiger partial charge in [0.15, 0.2) is 5.78 Å². The van der Waals surface area contributed by atoms with E-state index >= 15 is 0 Å². The van der Waals surface area contributed by atoms with E-state index in [1.165, 1.54) is 31.2 Å². The SMILES string of the molecule is CC(=O)c1ccc2ccccc2c1OCc1ccc(OC(F)(F)F)cc1.CC(C)(C)C(=O)O. The molecule has 0 radical (unpaired) electrons. The van der Waals surface area contributed by atoms with E-state index in [0.29, 0.717) is 16.9 Å². The molecule has 0 amide bonds. The van der Waals surface area contributed by atoms with Gasteiger partial charge in [-0.1, -0.05) is 42.5 Å². The van der Waals surface area contributed by atoms with Crippen molar-refractivity contribution in [2.24, 2.45) is 5.41 Å². The average Bonchev–Trinajstić information content (AvgIpc) is 2.71. The normalized spacial score (nSPS) is 11.4. The Balaban J connectivity index is 0.000000479. The van der Waals surface area contributed by atoms with Crippen molar-refractivity contribution < 1.29 is 37.3 Å². The lowest BCUT2D eigenvalue weighted by Crippen LogP contribution is -2.18. The molecular formula is C25H25F3O5. The van der Waals surface area contributed by atoms with Gasteiger partial charge in [0.05, 0.1) is 11.0 Å². The van der Waals surface area contributed by atoms with Crippen molar-refractivity contribution in [3.8, 4) is 11.5 Å². The summed E-state index contributed by atoms with van der Waals surface area (Å²) in [6, 6.07) is 16.5. The van der Waals surface area contributed by atoms with Crippen LogP contribution in [0.2, 0.25) is 0 Å². The molecular weight excluding hydrogens is 437 g/mol. The highest BCUT2D eigenvalue weighted by Crippen LogP contribution is 2.31. The van der Waals surface area contributed by atoms with Crippen molar-refractivity contribution in [1.29, 1.82) is 0 Å². The summed E-state index contributed by atoms with van der Waals surface area (Å²) in [5.74, 6) is -0.714. The van der Waals surface area contributed by atoms with Gasteiger partial charge in [0.2, 0.25) is 0 Å². The van der Waals surface area contributed by atoms with Crippen LogP contribution in [0.3, 0.4) is 0 Å². The number of carboxylic acids is 1. The summed E-state index contributed by atoms with van der Waals surface area (Å²) in [6.07, 6.45) is -4.72. The Labute approximate surface area is 189 Å². The molecule has 0 aliphatic rings. The predicted octanol–water partition coefficient (Wildman–Crippen LogP) is 6.64. The lowest BCUT2D eigenvalue weighted by atomic mass is 9.98. The first kappa shape index (κ1) is 25.7. The number of Topliss-reactive ketones (excluding diaryl/α,β-unsaturated/α-hetero) is 1. The fraction of sp³-hybridized carbons (Fsp3) is 0.280. The van der Waals surface area contributed by atoms with E-state index in [0.717, 1.165) is 10.8 Å². The Morgan fingerprint density at radius 2 is 1.48 bits per heavy atom. The summed E-state index contributed by atoms with van der Waals surface area (Å²) < 4.78 is 46.3. The van der Waals surface area contributed by atoms with Crippen LogP contribution in [0.4, 0.5) is 13.2 Å². The zero-order valence-electron chi connectivity index (χ0n) is 18.7. The molecule has 0 unspecified atom stereocenters. The quantitative estimate of drug-likeness (QED) is 0.431. The monoisotopic (exact) mass is 462 g/mol. The summed E-state index contributed by atoms with van der Waals surface area (Å²) in [7, 11) is 0. The second-order valence-corrected chi connectivity index (χ2v) is 8.26. The largest absolute Gasteiger partial charge is 0.573 e. The molecule has 0 fully saturated rings. The lowest BCUT2D eigenvalue weighted by Gasteiger charge is -2.14. The number of carbonyl (C=O) groups excluding carboxylic acids is 1. The number of hydrogen-bond donors (Lipinski definition) is 1. The lowest BCUT2D eigenvalue weighted by molar-refractivity contribution is -0.274. The van der Waals surface area contributed by atoms with Crippen molar-refractivity contribution in [3.63, 3.8) is 0 Å². The number of halogens is 3. The third kappa shape index (κ3) is 7.82. The summed E-state index contributed by atoms with van der Waals surface area (Å²) in [5.41, 5.74) is 0.530. The molecule has 0 saturated heterocycles. The summed E-state index contributed by atoms with van der Waals surface area (Å²) in [5, 5.41) is 9.98. The van der Waals surface area contributed by atoms with E-state index in [9.17, 15) is 22.8 Å². The number of alkyl halides is 3. The van der Waals surface area contributed by atoms with E-state index < -0.39 is 17.7 Å². The molecule has 0 saturated carbocycles. The summed E-state index contributed by atoms with van der Waals surface area (Å²) >= 11 is 0. The fourth-order valence-electron chi connectivity index (χ4n) is 2.62. The van der Waals surface area contributed by atoms with Crippen molar-refractivity contribution in [3.05, 3.63) is 71.8 Å². The molecule has 5 nitrogen and oxygen atoms in total. The number of ether oxygens (including phenoxy) is 2. The van der Waals surface area contributed by atoms with E-state index in [4.69, 9.17) is 9.84 Å². The fourth-order valence-corrected chi connectivity index (χ4v) is 2.62. The first-order valence-corrected chi connectivity index (χ1v) is 10.0. The highest BCUT2D eigenvalue weighted by molar-refractivity contribution is 6.03. The van der Waals surface area contributed by atoms with Gasteiger partial charge in [0, 0.05) is 5.39 Å². The molecule has 176 valence electrons. The zero-order chi connectivity index (χ0) is 24.8. The molecule has 3 aromatic carbocycles. The molecule has 0 heterocycles. The number of hydrogen-bond acceptors (Lipinski definition) is 4. The van der Waals surface area contributed by atoms with Gasteiger partial charge in [-0.15, -0.1) is 13.2 Å². The van der Waals surface area contributed by atoms with Crippen LogP contribution in [0, 0.1) is 5.41 Å².